The summed E-state index contributed by atoms with van der Waals surface area (Å²) in [6.45, 7) is 0. The number of hydrogen-bond donors (Lipinski definition) is 3. The van der Waals surface area contributed by atoms with Gasteiger partial charge >= 0.3 is 0 Å². The number of nitrogens with one attached hydrogen (secondary N) is 2. The molecule has 0 radical (unpaired) electrons. The van der Waals surface area contributed by atoms with E-state index >= 15 is 0 Å². The number of nitrogens with zero attached hydrogens (tertiary/aromatic N) is 2. The summed E-state index contributed by atoms with van der Waals surface area (Å²) in [5, 5.41) is 8.05. The lowest BCUT2D eigenvalue weighted by molar-refractivity contribution is 0.404. The molecule has 2 heterocycles. The third-order valence-corrected chi connectivity index (χ3v) is 4.80. The van der Waals surface area contributed by atoms with E-state index < -0.39 is 0 Å². The van der Waals surface area contributed by atoms with Crippen molar-refractivity contribution in [3.63, 3.8) is 0 Å². The lowest BCUT2D eigenvalue weighted by Crippen LogP contribution is -2.42. The zero-order chi connectivity index (χ0) is 17.1. The van der Waals surface area contributed by atoms with Crippen LogP contribution >= 0.6 is 0 Å². The molecule has 1 fully saturated rings. The lowest BCUT2D eigenvalue weighted by atomic mass is 9.91. The van der Waals surface area contributed by atoms with Crippen molar-refractivity contribution in [3.8, 4) is 0 Å². The molecule has 2 aromatic heterocycles. The van der Waals surface area contributed by atoms with Gasteiger partial charge in [-0.2, -0.15) is 0 Å². The van der Waals surface area contributed by atoms with Gasteiger partial charge in [0.05, 0.1) is 29.3 Å². The van der Waals surface area contributed by atoms with E-state index in [4.69, 9.17) is 5.73 Å². The maximum atomic E-state index is 6.26. The molecular formula is C20H23N5. The molecule has 2 unspecified atom stereocenters. The van der Waals surface area contributed by atoms with Crippen molar-refractivity contribution >= 4 is 28.0 Å². The average Bonchev–Trinajstić information content (AvgIpc) is 2.64. The lowest BCUT2D eigenvalue weighted by Gasteiger charge is -2.30. The highest BCUT2D eigenvalue weighted by atomic mass is 15.0. The van der Waals surface area contributed by atoms with Crippen LogP contribution in [0.1, 0.15) is 25.7 Å². The number of pyridine rings is 2. The standard InChI is InChI=1S/C20H23N5/c21-18-5-1-2-6-20(18)25-15-7-8-19-14(10-15)11-17(13-23-19)24-16-4-3-9-22-12-16/h3-4,7-13,18,20,24-25H,1-2,5-6,21H2. The van der Waals surface area contributed by atoms with Gasteiger partial charge in [0.1, 0.15) is 0 Å². The topological polar surface area (TPSA) is 75.9 Å². The number of anilines is 3. The molecule has 0 aliphatic heterocycles. The third kappa shape index (κ3) is 3.72. The van der Waals surface area contributed by atoms with Crippen molar-refractivity contribution in [1.82, 2.24) is 9.97 Å². The van der Waals surface area contributed by atoms with Gasteiger partial charge < -0.3 is 16.4 Å². The van der Waals surface area contributed by atoms with Gasteiger partial charge in [-0.15, -0.1) is 0 Å². The highest BCUT2D eigenvalue weighted by Crippen LogP contribution is 2.25. The van der Waals surface area contributed by atoms with Crippen LogP contribution in [-0.2, 0) is 0 Å². The van der Waals surface area contributed by atoms with Crippen molar-refractivity contribution in [2.75, 3.05) is 10.6 Å². The Morgan fingerprint density at radius 2 is 1.84 bits per heavy atom. The Morgan fingerprint density at radius 1 is 0.960 bits per heavy atom. The van der Waals surface area contributed by atoms with Gasteiger partial charge in [-0.25, -0.2) is 0 Å². The fourth-order valence-electron chi connectivity index (χ4n) is 3.45. The van der Waals surface area contributed by atoms with Gasteiger partial charge in [0, 0.05) is 29.4 Å². The molecule has 1 aromatic carbocycles. The third-order valence-electron chi connectivity index (χ3n) is 4.80. The first kappa shape index (κ1) is 15.8. The molecule has 128 valence electrons. The SMILES string of the molecule is NC1CCCCC1Nc1ccc2ncc(Nc3cccnc3)cc2c1. The number of hydrogen-bond acceptors (Lipinski definition) is 5. The first-order valence-electron chi connectivity index (χ1n) is 8.87. The number of rotatable bonds is 4. The minimum absolute atomic E-state index is 0.237. The second-order valence-electron chi connectivity index (χ2n) is 6.70. The highest BCUT2D eigenvalue weighted by Gasteiger charge is 2.21. The smallest absolute Gasteiger partial charge is 0.0705 e. The molecule has 2 atom stereocenters. The summed E-state index contributed by atoms with van der Waals surface area (Å²) < 4.78 is 0. The van der Waals surface area contributed by atoms with Crippen LogP contribution in [0.25, 0.3) is 10.9 Å². The van der Waals surface area contributed by atoms with Crippen molar-refractivity contribution in [2.24, 2.45) is 5.73 Å². The number of fused-ring (bicyclic) bond motifs is 1. The Morgan fingerprint density at radius 3 is 2.68 bits per heavy atom. The van der Waals surface area contributed by atoms with E-state index in [1.807, 2.05) is 18.3 Å². The van der Waals surface area contributed by atoms with Gasteiger partial charge in [-0.1, -0.05) is 12.8 Å². The zero-order valence-corrected chi connectivity index (χ0v) is 14.2. The fourth-order valence-corrected chi connectivity index (χ4v) is 3.45. The van der Waals surface area contributed by atoms with Crippen molar-refractivity contribution in [3.05, 3.63) is 55.0 Å². The van der Waals surface area contributed by atoms with Gasteiger partial charge in [-0.05, 0) is 49.2 Å². The Hall–Kier alpha value is -2.66. The van der Waals surface area contributed by atoms with Crippen LogP contribution in [0.2, 0.25) is 0 Å². The minimum Gasteiger partial charge on any atom is -0.381 e. The fraction of sp³-hybridized carbons (Fsp3) is 0.300. The summed E-state index contributed by atoms with van der Waals surface area (Å²) in [7, 11) is 0. The van der Waals surface area contributed by atoms with Crippen molar-refractivity contribution in [1.29, 1.82) is 0 Å². The van der Waals surface area contributed by atoms with Gasteiger partial charge in [-0.3, -0.25) is 9.97 Å². The van der Waals surface area contributed by atoms with Crippen LogP contribution in [0.3, 0.4) is 0 Å². The predicted molar refractivity (Wildman–Crippen MR) is 103 cm³/mol. The summed E-state index contributed by atoms with van der Waals surface area (Å²) in [4.78, 5) is 8.67. The average molecular weight is 333 g/mol. The normalized spacial score (nSPS) is 20.4. The monoisotopic (exact) mass is 333 g/mol. The molecule has 0 bridgehead atoms. The molecule has 0 amide bonds. The first-order valence-corrected chi connectivity index (χ1v) is 8.87. The molecule has 1 aliphatic carbocycles. The second kappa shape index (κ2) is 7.07. The summed E-state index contributed by atoms with van der Waals surface area (Å²) in [5.74, 6) is 0. The maximum Gasteiger partial charge on any atom is 0.0705 e. The number of aromatic nitrogens is 2. The number of nitrogens with two attached hydrogens (primary N) is 1. The van der Waals surface area contributed by atoms with E-state index in [2.05, 4.69) is 44.9 Å². The quantitative estimate of drug-likeness (QED) is 0.671. The summed E-state index contributed by atoms with van der Waals surface area (Å²) in [6.07, 6.45) is 10.1. The summed E-state index contributed by atoms with van der Waals surface area (Å²) >= 11 is 0. The molecule has 25 heavy (non-hydrogen) atoms. The zero-order valence-electron chi connectivity index (χ0n) is 14.2. The largest absolute Gasteiger partial charge is 0.381 e. The summed E-state index contributed by atoms with van der Waals surface area (Å²) in [6, 6.07) is 12.9. The van der Waals surface area contributed by atoms with E-state index in [-0.39, 0.29) is 6.04 Å². The van der Waals surface area contributed by atoms with Crippen molar-refractivity contribution < 1.29 is 0 Å². The minimum atomic E-state index is 0.237. The second-order valence-corrected chi connectivity index (χ2v) is 6.70. The Labute approximate surface area is 147 Å². The first-order chi connectivity index (χ1) is 12.3. The van der Waals surface area contributed by atoms with Crippen LogP contribution in [0.4, 0.5) is 17.1 Å². The van der Waals surface area contributed by atoms with E-state index in [1.165, 1.54) is 12.8 Å². The van der Waals surface area contributed by atoms with Gasteiger partial charge in [0.15, 0.2) is 0 Å². The highest BCUT2D eigenvalue weighted by molar-refractivity contribution is 5.85. The van der Waals surface area contributed by atoms with Crippen LogP contribution in [0.15, 0.2) is 55.0 Å². The van der Waals surface area contributed by atoms with Crippen LogP contribution < -0.4 is 16.4 Å². The number of benzene rings is 1. The molecule has 5 nitrogen and oxygen atoms in total. The molecular weight excluding hydrogens is 310 g/mol. The maximum absolute atomic E-state index is 6.26. The Kier molecular flexibility index (Phi) is 4.48. The van der Waals surface area contributed by atoms with Crippen LogP contribution in [-0.4, -0.2) is 22.1 Å². The molecule has 0 saturated heterocycles. The summed E-state index contributed by atoms with van der Waals surface area (Å²) in [5.41, 5.74) is 10.2. The van der Waals surface area contributed by atoms with E-state index in [0.717, 1.165) is 40.8 Å². The molecule has 5 heteroatoms. The van der Waals surface area contributed by atoms with E-state index in [9.17, 15) is 0 Å². The van der Waals surface area contributed by atoms with Crippen molar-refractivity contribution in [2.45, 2.75) is 37.8 Å². The van der Waals surface area contributed by atoms with E-state index in [1.54, 1.807) is 12.4 Å². The molecule has 4 rings (SSSR count). The van der Waals surface area contributed by atoms with Gasteiger partial charge in [0.25, 0.3) is 0 Å². The Bertz CT molecular complexity index is 849. The van der Waals surface area contributed by atoms with Crippen LogP contribution in [0.5, 0.6) is 0 Å². The Balaban J connectivity index is 1.56. The molecule has 1 aliphatic rings. The molecule has 1 saturated carbocycles. The van der Waals surface area contributed by atoms with Crippen LogP contribution in [0, 0.1) is 0 Å². The van der Waals surface area contributed by atoms with E-state index in [0.29, 0.717) is 6.04 Å². The predicted octanol–water partition coefficient (Wildman–Crippen LogP) is 4.06. The molecule has 3 aromatic rings. The molecule has 4 N–H and O–H groups in total. The van der Waals surface area contributed by atoms with Gasteiger partial charge in [0.2, 0.25) is 0 Å². The molecule has 0 spiro atoms.